The second-order valence-electron chi connectivity index (χ2n) is 6.51. The van der Waals surface area contributed by atoms with Crippen LogP contribution in [0.2, 0.25) is 0 Å². The van der Waals surface area contributed by atoms with Crippen LogP contribution < -0.4 is 10.0 Å². The van der Waals surface area contributed by atoms with Crippen LogP contribution in [-0.2, 0) is 16.6 Å². The maximum atomic E-state index is 13.6. The summed E-state index contributed by atoms with van der Waals surface area (Å²) in [6, 6.07) is 7.53. The first-order valence-electron chi connectivity index (χ1n) is 7.49. The van der Waals surface area contributed by atoms with Crippen LogP contribution in [0.25, 0.3) is 0 Å². The normalized spacial score (nSPS) is 12.1. The van der Waals surface area contributed by atoms with Crippen molar-refractivity contribution >= 4 is 21.4 Å². The van der Waals surface area contributed by atoms with E-state index in [1.165, 1.54) is 0 Å². The summed E-state index contributed by atoms with van der Waals surface area (Å²) in [6.45, 7) is 4.84. The molecule has 2 aromatic rings. The van der Waals surface area contributed by atoms with E-state index in [9.17, 15) is 21.6 Å². The molecule has 2 N–H and O–H groups in total. The molecule has 0 aliphatic rings. The predicted octanol–water partition coefficient (Wildman–Crippen LogP) is 4.26. The van der Waals surface area contributed by atoms with E-state index in [1.807, 2.05) is 0 Å². The van der Waals surface area contributed by atoms with E-state index in [1.54, 1.807) is 45.0 Å². The van der Waals surface area contributed by atoms with Gasteiger partial charge in [-0.2, -0.15) is 0 Å². The minimum absolute atomic E-state index is 0.0891. The van der Waals surface area contributed by atoms with Crippen molar-refractivity contribution in [3.8, 4) is 0 Å². The molecule has 0 aliphatic carbocycles. The van der Waals surface area contributed by atoms with Gasteiger partial charge in [0.05, 0.1) is 4.75 Å². The predicted molar refractivity (Wildman–Crippen MR) is 92.4 cm³/mol. The van der Waals surface area contributed by atoms with Gasteiger partial charge in [-0.1, -0.05) is 12.1 Å². The minimum Gasteiger partial charge on any atom is -0.376 e. The number of anilines is 2. The number of halogens is 3. The number of nitrogens with one attached hydrogen (secondary N) is 2. The summed E-state index contributed by atoms with van der Waals surface area (Å²) in [5.74, 6) is -3.03. The number of rotatable bonds is 5. The molecule has 2 aromatic carbocycles. The lowest BCUT2D eigenvalue weighted by Gasteiger charge is -2.20. The van der Waals surface area contributed by atoms with E-state index in [0.29, 0.717) is 23.4 Å². The van der Waals surface area contributed by atoms with Crippen molar-refractivity contribution in [2.24, 2.45) is 0 Å². The number of hydrogen-bond acceptors (Lipinski definition) is 3. The maximum Gasteiger partial charge on any atom is 0.237 e. The summed E-state index contributed by atoms with van der Waals surface area (Å²) < 4.78 is 65.7. The van der Waals surface area contributed by atoms with Crippen LogP contribution in [0.3, 0.4) is 0 Å². The van der Waals surface area contributed by atoms with Gasteiger partial charge >= 0.3 is 0 Å². The Labute approximate surface area is 145 Å². The minimum atomic E-state index is -3.53. The fourth-order valence-electron chi connectivity index (χ4n) is 1.90. The van der Waals surface area contributed by atoms with Crippen molar-refractivity contribution in [3.63, 3.8) is 0 Å². The molecule has 0 unspecified atom stereocenters. The van der Waals surface area contributed by atoms with Crippen molar-refractivity contribution < 1.29 is 21.6 Å². The van der Waals surface area contributed by atoms with E-state index < -0.39 is 37.9 Å². The van der Waals surface area contributed by atoms with Crippen LogP contribution >= 0.6 is 0 Å². The SMILES string of the molecule is CC(C)(C)S(=O)(=O)Nc1ccc(CNc2c(F)cc(F)cc2F)cc1. The summed E-state index contributed by atoms with van der Waals surface area (Å²) in [4.78, 5) is 0. The van der Waals surface area contributed by atoms with Gasteiger partial charge in [0.1, 0.15) is 11.5 Å². The van der Waals surface area contributed by atoms with E-state index in [2.05, 4.69) is 10.0 Å². The van der Waals surface area contributed by atoms with Gasteiger partial charge in [0.15, 0.2) is 11.6 Å². The molecule has 0 saturated carbocycles. The zero-order valence-electron chi connectivity index (χ0n) is 14.0. The second-order valence-corrected chi connectivity index (χ2v) is 8.95. The van der Waals surface area contributed by atoms with Crippen molar-refractivity contribution in [1.82, 2.24) is 0 Å². The molecule has 0 heterocycles. The Bertz CT molecular complexity index is 837. The highest BCUT2D eigenvalue weighted by atomic mass is 32.2. The Morgan fingerprint density at radius 1 is 0.960 bits per heavy atom. The Hall–Kier alpha value is -2.22. The lowest BCUT2D eigenvalue weighted by atomic mass is 10.2. The number of hydrogen-bond donors (Lipinski definition) is 2. The number of sulfonamides is 1. The molecule has 0 aliphatic heterocycles. The van der Waals surface area contributed by atoms with Crippen LogP contribution in [-0.4, -0.2) is 13.2 Å². The molecule has 0 aromatic heterocycles. The van der Waals surface area contributed by atoms with Gasteiger partial charge in [-0.3, -0.25) is 4.72 Å². The molecule has 0 saturated heterocycles. The Morgan fingerprint density at radius 3 is 1.96 bits per heavy atom. The smallest absolute Gasteiger partial charge is 0.237 e. The van der Waals surface area contributed by atoms with E-state index >= 15 is 0 Å². The van der Waals surface area contributed by atoms with Crippen LogP contribution in [0.5, 0.6) is 0 Å². The average Bonchev–Trinajstić information content (AvgIpc) is 2.46. The molecule has 0 spiro atoms. The van der Waals surface area contributed by atoms with E-state index in [-0.39, 0.29) is 6.54 Å². The monoisotopic (exact) mass is 372 g/mol. The molecular formula is C17H19F3N2O2S. The molecule has 136 valence electrons. The Balaban J connectivity index is 2.07. The lowest BCUT2D eigenvalue weighted by molar-refractivity contribution is 0.547. The highest BCUT2D eigenvalue weighted by Crippen LogP contribution is 2.22. The van der Waals surface area contributed by atoms with Gasteiger partial charge in [0, 0.05) is 24.4 Å². The molecule has 0 amide bonds. The van der Waals surface area contributed by atoms with Gasteiger partial charge in [-0.25, -0.2) is 21.6 Å². The third-order valence-electron chi connectivity index (χ3n) is 3.49. The van der Waals surface area contributed by atoms with Crippen LogP contribution in [0.4, 0.5) is 24.5 Å². The molecule has 8 heteroatoms. The maximum absolute atomic E-state index is 13.6. The molecule has 0 atom stereocenters. The second kappa shape index (κ2) is 6.95. The van der Waals surface area contributed by atoms with E-state index in [0.717, 1.165) is 0 Å². The summed E-state index contributed by atoms with van der Waals surface area (Å²) in [5.41, 5.74) is 0.638. The summed E-state index contributed by atoms with van der Waals surface area (Å²) in [5, 5.41) is 2.56. The van der Waals surface area contributed by atoms with E-state index in [4.69, 9.17) is 0 Å². The summed E-state index contributed by atoms with van der Waals surface area (Å²) >= 11 is 0. The molecule has 0 radical (unpaired) electrons. The topological polar surface area (TPSA) is 58.2 Å². The standard InChI is InChI=1S/C17H19F3N2O2S/c1-17(2,3)25(23,24)22-13-6-4-11(5-7-13)10-21-16-14(19)8-12(18)9-15(16)20/h4-9,21-22H,10H2,1-3H3. The average molecular weight is 372 g/mol. The van der Waals surface area contributed by atoms with Crippen molar-refractivity contribution in [2.45, 2.75) is 32.1 Å². The largest absolute Gasteiger partial charge is 0.376 e. The first kappa shape index (κ1) is 19.1. The van der Waals surface area contributed by atoms with Crippen LogP contribution in [0.1, 0.15) is 26.3 Å². The van der Waals surface area contributed by atoms with Crippen molar-refractivity contribution in [1.29, 1.82) is 0 Å². The quantitative estimate of drug-likeness (QED) is 0.825. The van der Waals surface area contributed by atoms with Crippen LogP contribution in [0.15, 0.2) is 36.4 Å². The summed E-state index contributed by atoms with van der Waals surface area (Å²) in [7, 11) is -3.53. The molecule has 2 rings (SSSR count). The summed E-state index contributed by atoms with van der Waals surface area (Å²) in [6.07, 6.45) is 0. The van der Waals surface area contributed by atoms with Crippen molar-refractivity contribution in [3.05, 3.63) is 59.4 Å². The molecule has 0 bridgehead atoms. The zero-order chi connectivity index (χ0) is 18.8. The third-order valence-corrected chi connectivity index (χ3v) is 5.61. The number of benzene rings is 2. The molecule has 4 nitrogen and oxygen atoms in total. The highest BCUT2D eigenvalue weighted by Gasteiger charge is 2.28. The first-order valence-corrected chi connectivity index (χ1v) is 8.97. The van der Waals surface area contributed by atoms with Crippen LogP contribution in [0, 0.1) is 17.5 Å². The molecule has 0 fully saturated rings. The highest BCUT2D eigenvalue weighted by molar-refractivity contribution is 7.94. The van der Waals surface area contributed by atoms with Gasteiger partial charge < -0.3 is 5.32 Å². The van der Waals surface area contributed by atoms with Crippen molar-refractivity contribution in [2.75, 3.05) is 10.0 Å². The lowest BCUT2D eigenvalue weighted by Crippen LogP contribution is -2.33. The molecular weight excluding hydrogens is 353 g/mol. The fourth-order valence-corrected chi connectivity index (χ4v) is 2.65. The van der Waals surface area contributed by atoms with Gasteiger partial charge in [-0.05, 0) is 38.5 Å². The first-order chi connectivity index (χ1) is 11.5. The Kier molecular flexibility index (Phi) is 5.31. The zero-order valence-corrected chi connectivity index (χ0v) is 14.8. The van der Waals surface area contributed by atoms with Gasteiger partial charge in [-0.15, -0.1) is 0 Å². The fraction of sp³-hybridized carbons (Fsp3) is 0.294. The molecule has 25 heavy (non-hydrogen) atoms. The van der Waals surface area contributed by atoms with Gasteiger partial charge in [0.2, 0.25) is 10.0 Å². The Morgan fingerprint density at radius 2 is 1.48 bits per heavy atom. The van der Waals surface area contributed by atoms with Gasteiger partial charge in [0.25, 0.3) is 0 Å². The third kappa shape index (κ3) is 4.66.